The number of aliphatic hydroxyl groups is 1. The normalized spacial score (nSPS) is 20.5. The number of rotatable bonds is 9. The Morgan fingerprint density at radius 1 is 1.05 bits per heavy atom. The lowest BCUT2D eigenvalue weighted by molar-refractivity contribution is -0.116. The number of carbonyl (C=O) groups is 3. The zero-order valence-corrected chi connectivity index (χ0v) is 25.4. The van der Waals surface area contributed by atoms with E-state index in [9.17, 15) is 19.5 Å². The van der Waals surface area contributed by atoms with Gasteiger partial charge in [-0.25, -0.2) is 4.79 Å². The van der Waals surface area contributed by atoms with Crippen LogP contribution < -0.4 is 24.8 Å². The Kier molecular flexibility index (Phi) is 10.1. The third-order valence-corrected chi connectivity index (χ3v) is 8.13. The number of ether oxygens (including phenoxy) is 4. The van der Waals surface area contributed by atoms with Crippen LogP contribution in [0.4, 0.5) is 16.2 Å². The number of hydrogen-bond donors (Lipinski definition) is 3. The summed E-state index contributed by atoms with van der Waals surface area (Å²) in [7, 11) is 1.67. The smallest absolute Gasteiger partial charge is 0.321 e. The summed E-state index contributed by atoms with van der Waals surface area (Å²) in [6.45, 7) is 7.74. The minimum absolute atomic E-state index is 0.141. The Hall–Kier alpha value is -4.07. The lowest BCUT2D eigenvalue weighted by Gasteiger charge is -2.38. The number of aliphatic hydroxyl groups excluding tert-OH is 1. The van der Waals surface area contributed by atoms with E-state index in [4.69, 9.17) is 18.9 Å². The standard InChI is InChI=1S/C31H41N5O8/c1-20-16-36(21(2)18-37)30(39)24-14-22(32-29(38)8-9-35-10-12-41-13-11-35)4-6-25(24)44-28(20)17-34(3)31(40)33-23-5-7-26-27(15-23)43-19-42-26/h4-7,14-15,20-21,28,37H,8-13,16-19H2,1-3H3,(H,32,38)(H,33,40)/t20-,21-,28-/m1/s1. The highest BCUT2D eigenvalue weighted by molar-refractivity contribution is 6.00. The predicted molar refractivity (Wildman–Crippen MR) is 162 cm³/mol. The SMILES string of the molecule is C[C@@H]1CN([C@H](C)CO)C(=O)c2cc(NC(=O)CCN3CCOCC3)ccc2O[C@@H]1CN(C)C(=O)Nc1ccc2c(c1)OCO2. The van der Waals surface area contributed by atoms with Crippen molar-refractivity contribution in [2.75, 3.05) is 77.0 Å². The average molecular weight is 612 g/mol. The molecule has 0 saturated carbocycles. The van der Waals surface area contributed by atoms with Gasteiger partial charge in [-0.05, 0) is 37.3 Å². The number of nitrogens with one attached hydrogen (secondary N) is 2. The zero-order chi connectivity index (χ0) is 31.2. The van der Waals surface area contributed by atoms with Crippen LogP contribution in [-0.4, -0.2) is 116 Å². The molecule has 4 amide bonds. The van der Waals surface area contributed by atoms with Crippen LogP contribution in [0, 0.1) is 5.92 Å². The maximum Gasteiger partial charge on any atom is 0.321 e. The molecule has 3 aliphatic heterocycles. The summed E-state index contributed by atoms with van der Waals surface area (Å²) in [6, 6.07) is 9.39. The van der Waals surface area contributed by atoms with Gasteiger partial charge in [0.25, 0.3) is 5.91 Å². The molecule has 3 heterocycles. The van der Waals surface area contributed by atoms with Gasteiger partial charge in [-0.15, -0.1) is 0 Å². The number of anilines is 2. The van der Waals surface area contributed by atoms with E-state index in [2.05, 4.69) is 15.5 Å². The summed E-state index contributed by atoms with van der Waals surface area (Å²) in [5.74, 6) is 0.898. The van der Waals surface area contributed by atoms with Gasteiger partial charge in [0.2, 0.25) is 12.7 Å². The van der Waals surface area contributed by atoms with Gasteiger partial charge in [-0.3, -0.25) is 14.5 Å². The quantitative estimate of drug-likeness (QED) is 0.390. The van der Waals surface area contributed by atoms with Crippen molar-refractivity contribution in [2.45, 2.75) is 32.4 Å². The third-order valence-electron chi connectivity index (χ3n) is 8.13. The fourth-order valence-electron chi connectivity index (χ4n) is 5.37. The molecule has 3 atom stereocenters. The van der Waals surface area contributed by atoms with Crippen molar-refractivity contribution in [3.05, 3.63) is 42.0 Å². The molecule has 1 saturated heterocycles. The maximum absolute atomic E-state index is 13.7. The summed E-state index contributed by atoms with van der Waals surface area (Å²) in [6.07, 6.45) is -0.160. The largest absolute Gasteiger partial charge is 0.487 e. The molecule has 44 heavy (non-hydrogen) atoms. The van der Waals surface area contributed by atoms with Gasteiger partial charge in [0.15, 0.2) is 11.5 Å². The third kappa shape index (κ3) is 7.52. The van der Waals surface area contributed by atoms with Crippen LogP contribution >= 0.6 is 0 Å². The summed E-state index contributed by atoms with van der Waals surface area (Å²) in [4.78, 5) is 44.9. The molecule has 0 spiro atoms. The molecule has 0 bridgehead atoms. The highest BCUT2D eigenvalue weighted by Crippen LogP contribution is 2.34. The average Bonchev–Trinajstić information content (AvgIpc) is 3.50. The first-order valence-corrected chi connectivity index (χ1v) is 15.0. The molecule has 0 aliphatic carbocycles. The van der Waals surface area contributed by atoms with Crippen molar-refractivity contribution < 1.29 is 38.4 Å². The summed E-state index contributed by atoms with van der Waals surface area (Å²) in [5, 5.41) is 15.7. The van der Waals surface area contributed by atoms with E-state index >= 15 is 0 Å². The Labute approximate surface area is 257 Å². The van der Waals surface area contributed by atoms with Crippen LogP contribution in [0.5, 0.6) is 17.2 Å². The minimum atomic E-state index is -0.475. The highest BCUT2D eigenvalue weighted by atomic mass is 16.7. The van der Waals surface area contributed by atoms with E-state index in [1.54, 1.807) is 55.3 Å². The van der Waals surface area contributed by atoms with Gasteiger partial charge in [0, 0.05) is 63.0 Å². The number of amides is 4. The Morgan fingerprint density at radius 3 is 2.50 bits per heavy atom. The Bertz CT molecular complexity index is 1350. The second-order valence-electron chi connectivity index (χ2n) is 11.5. The molecule has 3 aliphatic rings. The van der Waals surface area contributed by atoms with E-state index < -0.39 is 12.1 Å². The van der Waals surface area contributed by atoms with Crippen LogP contribution in [0.3, 0.4) is 0 Å². The number of fused-ring (bicyclic) bond motifs is 2. The van der Waals surface area contributed by atoms with Gasteiger partial charge < -0.3 is 44.5 Å². The van der Waals surface area contributed by atoms with Crippen LogP contribution in [-0.2, 0) is 9.53 Å². The Morgan fingerprint density at radius 2 is 1.75 bits per heavy atom. The molecule has 5 rings (SSSR count). The molecule has 1 fully saturated rings. The Balaban J connectivity index is 1.29. The van der Waals surface area contributed by atoms with Crippen molar-refractivity contribution >= 4 is 29.2 Å². The predicted octanol–water partition coefficient (Wildman–Crippen LogP) is 2.46. The van der Waals surface area contributed by atoms with E-state index in [0.29, 0.717) is 61.3 Å². The fourth-order valence-corrected chi connectivity index (χ4v) is 5.37. The number of morpholine rings is 1. The van der Waals surface area contributed by atoms with E-state index in [1.807, 2.05) is 6.92 Å². The molecule has 0 aromatic heterocycles. The topological polar surface area (TPSA) is 142 Å². The van der Waals surface area contributed by atoms with Gasteiger partial charge in [-0.2, -0.15) is 0 Å². The molecule has 13 nitrogen and oxygen atoms in total. The molecule has 0 radical (unpaired) electrons. The molecular formula is C31H41N5O8. The van der Waals surface area contributed by atoms with Gasteiger partial charge in [-0.1, -0.05) is 6.92 Å². The monoisotopic (exact) mass is 611 g/mol. The van der Waals surface area contributed by atoms with E-state index in [-0.39, 0.29) is 49.3 Å². The summed E-state index contributed by atoms with van der Waals surface area (Å²) < 4.78 is 22.5. The van der Waals surface area contributed by atoms with Gasteiger partial charge in [0.05, 0.1) is 38.0 Å². The van der Waals surface area contributed by atoms with Crippen molar-refractivity contribution in [2.24, 2.45) is 5.92 Å². The first-order chi connectivity index (χ1) is 21.2. The summed E-state index contributed by atoms with van der Waals surface area (Å²) >= 11 is 0. The van der Waals surface area contributed by atoms with Gasteiger partial charge >= 0.3 is 6.03 Å². The van der Waals surface area contributed by atoms with Crippen molar-refractivity contribution in [1.29, 1.82) is 0 Å². The summed E-state index contributed by atoms with van der Waals surface area (Å²) in [5.41, 5.74) is 1.33. The number of carbonyl (C=O) groups excluding carboxylic acids is 3. The number of urea groups is 1. The molecule has 2 aromatic rings. The zero-order valence-electron chi connectivity index (χ0n) is 25.4. The first-order valence-electron chi connectivity index (χ1n) is 15.0. The number of nitrogens with zero attached hydrogens (tertiary/aromatic N) is 3. The number of hydrogen-bond acceptors (Lipinski definition) is 9. The van der Waals surface area contributed by atoms with E-state index in [0.717, 1.165) is 13.1 Å². The minimum Gasteiger partial charge on any atom is -0.487 e. The second kappa shape index (κ2) is 14.1. The fraction of sp³-hybridized carbons (Fsp3) is 0.516. The van der Waals surface area contributed by atoms with E-state index in [1.165, 1.54) is 4.90 Å². The molecule has 0 unspecified atom stereocenters. The number of benzene rings is 2. The second-order valence-corrected chi connectivity index (χ2v) is 11.5. The van der Waals surface area contributed by atoms with Crippen molar-refractivity contribution in [3.8, 4) is 17.2 Å². The van der Waals surface area contributed by atoms with Gasteiger partial charge in [0.1, 0.15) is 11.9 Å². The lowest BCUT2D eigenvalue weighted by Crippen LogP contribution is -2.50. The lowest BCUT2D eigenvalue weighted by atomic mass is 9.99. The molecule has 2 aromatic carbocycles. The van der Waals surface area contributed by atoms with Crippen molar-refractivity contribution in [3.63, 3.8) is 0 Å². The first kappa shape index (κ1) is 31.4. The van der Waals surface area contributed by atoms with Crippen LogP contribution in [0.15, 0.2) is 36.4 Å². The maximum atomic E-state index is 13.7. The molecular weight excluding hydrogens is 570 g/mol. The number of likely N-dealkylation sites (N-methyl/N-ethyl adjacent to an activating group) is 1. The van der Waals surface area contributed by atoms with Crippen LogP contribution in [0.25, 0.3) is 0 Å². The van der Waals surface area contributed by atoms with Crippen molar-refractivity contribution in [1.82, 2.24) is 14.7 Å². The molecule has 238 valence electrons. The molecule has 13 heteroatoms. The van der Waals surface area contributed by atoms with Crippen LogP contribution in [0.1, 0.15) is 30.6 Å². The molecule has 3 N–H and O–H groups in total. The van der Waals surface area contributed by atoms with Crippen LogP contribution in [0.2, 0.25) is 0 Å². The highest BCUT2D eigenvalue weighted by Gasteiger charge is 2.34.